The molecular formula is C22H26ClN3O4. The van der Waals surface area contributed by atoms with Crippen molar-refractivity contribution < 1.29 is 19.4 Å². The number of amides is 2. The van der Waals surface area contributed by atoms with Gasteiger partial charge in [0.25, 0.3) is 5.91 Å². The number of benzene rings is 1. The van der Waals surface area contributed by atoms with Gasteiger partial charge >= 0.3 is 6.09 Å². The normalized spacial score (nSPS) is 15.1. The van der Waals surface area contributed by atoms with E-state index in [0.29, 0.717) is 29.3 Å². The molecule has 0 spiro atoms. The largest absolute Gasteiger partial charge is 0.490 e. The molecule has 8 heteroatoms. The zero-order valence-electron chi connectivity index (χ0n) is 17.5. The van der Waals surface area contributed by atoms with Crippen molar-refractivity contribution in [3.05, 3.63) is 46.7 Å². The van der Waals surface area contributed by atoms with E-state index < -0.39 is 11.6 Å². The molecule has 3 rings (SSSR count). The molecule has 30 heavy (non-hydrogen) atoms. The Labute approximate surface area is 181 Å². The van der Waals surface area contributed by atoms with Gasteiger partial charge in [0.05, 0.1) is 28.4 Å². The zero-order valence-corrected chi connectivity index (χ0v) is 18.3. The number of pyridine rings is 1. The molecule has 2 N–H and O–H groups in total. The molecule has 1 unspecified atom stereocenters. The fraction of sp³-hybridized carbons (Fsp3) is 0.409. The average Bonchev–Trinajstić information content (AvgIpc) is 2.93. The number of halogens is 1. The molecule has 2 amide bonds. The highest BCUT2D eigenvalue weighted by atomic mass is 35.5. The highest BCUT2D eigenvalue weighted by Crippen LogP contribution is 2.35. The summed E-state index contributed by atoms with van der Waals surface area (Å²) in [5.41, 5.74) is 2.18. The lowest BCUT2D eigenvalue weighted by Crippen LogP contribution is -2.50. The van der Waals surface area contributed by atoms with Crippen molar-refractivity contribution >= 4 is 23.6 Å². The van der Waals surface area contributed by atoms with Gasteiger partial charge in [-0.2, -0.15) is 0 Å². The molecule has 0 fully saturated rings. The zero-order chi connectivity index (χ0) is 22.1. The molecule has 2 aromatic rings. The lowest BCUT2D eigenvalue weighted by Gasteiger charge is -2.31. The Kier molecular flexibility index (Phi) is 6.22. The Morgan fingerprint density at radius 2 is 2.13 bits per heavy atom. The van der Waals surface area contributed by atoms with Crippen LogP contribution in [0, 0.1) is 5.92 Å². The van der Waals surface area contributed by atoms with Gasteiger partial charge in [0, 0.05) is 13.2 Å². The van der Waals surface area contributed by atoms with Crippen LogP contribution in [0.25, 0.3) is 11.1 Å². The molecule has 0 bridgehead atoms. The summed E-state index contributed by atoms with van der Waals surface area (Å²) >= 11 is 6.46. The van der Waals surface area contributed by atoms with Crippen LogP contribution in [0.1, 0.15) is 43.2 Å². The third-order valence-corrected chi connectivity index (χ3v) is 5.33. The van der Waals surface area contributed by atoms with Crippen molar-refractivity contribution in [3.8, 4) is 16.9 Å². The van der Waals surface area contributed by atoms with Crippen molar-refractivity contribution in [1.82, 2.24) is 15.2 Å². The molecular weight excluding hydrogens is 406 g/mol. The first-order chi connectivity index (χ1) is 14.1. The molecule has 1 aliphatic heterocycles. The number of carbonyl (C=O) groups excluding carboxylic acids is 1. The number of hydrogen-bond acceptors (Lipinski definition) is 4. The van der Waals surface area contributed by atoms with E-state index in [2.05, 4.69) is 10.3 Å². The summed E-state index contributed by atoms with van der Waals surface area (Å²) in [6.45, 7) is 6.49. The van der Waals surface area contributed by atoms with E-state index in [-0.39, 0.29) is 18.4 Å². The molecule has 0 aliphatic carbocycles. The van der Waals surface area contributed by atoms with Gasteiger partial charge in [-0.15, -0.1) is 0 Å². The molecule has 1 atom stereocenters. The number of hydrogen-bond donors (Lipinski definition) is 2. The minimum Gasteiger partial charge on any atom is -0.490 e. The Morgan fingerprint density at radius 3 is 2.77 bits per heavy atom. The van der Waals surface area contributed by atoms with E-state index in [1.54, 1.807) is 36.3 Å². The minimum absolute atomic E-state index is 0.0613. The van der Waals surface area contributed by atoms with Crippen LogP contribution in [-0.4, -0.2) is 46.2 Å². The first-order valence-corrected chi connectivity index (χ1v) is 10.1. The maximum Gasteiger partial charge on any atom is 0.405 e. The third kappa shape index (κ3) is 4.67. The van der Waals surface area contributed by atoms with Gasteiger partial charge in [0.15, 0.2) is 0 Å². The number of ether oxygens (including phenoxy) is 1. The van der Waals surface area contributed by atoms with Crippen molar-refractivity contribution in [1.29, 1.82) is 0 Å². The topological polar surface area (TPSA) is 91.8 Å². The summed E-state index contributed by atoms with van der Waals surface area (Å²) in [6.07, 6.45) is 1.21. The first-order valence-electron chi connectivity index (χ1n) is 9.77. The van der Waals surface area contributed by atoms with Crippen LogP contribution in [0.2, 0.25) is 5.02 Å². The molecule has 0 saturated carbocycles. The second-order valence-corrected chi connectivity index (χ2v) is 8.77. The number of nitrogens with one attached hydrogen (secondary N) is 1. The Morgan fingerprint density at radius 1 is 1.40 bits per heavy atom. The van der Waals surface area contributed by atoms with Crippen LogP contribution in [0.5, 0.6) is 5.75 Å². The Hall–Kier alpha value is -2.80. The van der Waals surface area contributed by atoms with Gasteiger partial charge in [0.1, 0.15) is 12.4 Å². The summed E-state index contributed by atoms with van der Waals surface area (Å²) in [7, 11) is 1.75. The second-order valence-electron chi connectivity index (χ2n) is 8.36. The number of rotatable bonds is 7. The molecule has 7 nitrogen and oxygen atoms in total. The van der Waals surface area contributed by atoms with E-state index in [4.69, 9.17) is 21.4 Å². The monoisotopic (exact) mass is 431 g/mol. The van der Waals surface area contributed by atoms with E-state index in [0.717, 1.165) is 16.8 Å². The lowest BCUT2D eigenvalue weighted by atomic mass is 9.91. The van der Waals surface area contributed by atoms with Crippen LogP contribution >= 0.6 is 11.6 Å². The highest BCUT2D eigenvalue weighted by molar-refractivity contribution is 6.32. The van der Waals surface area contributed by atoms with Crippen LogP contribution in [-0.2, 0) is 6.54 Å². The van der Waals surface area contributed by atoms with Crippen molar-refractivity contribution in [2.45, 2.75) is 39.3 Å². The predicted octanol–water partition coefficient (Wildman–Crippen LogP) is 4.44. The molecule has 0 radical (unpaired) electrons. The smallest absolute Gasteiger partial charge is 0.405 e. The van der Waals surface area contributed by atoms with E-state index in [1.165, 1.54) is 0 Å². The maximum atomic E-state index is 12.5. The van der Waals surface area contributed by atoms with Crippen LogP contribution < -0.4 is 10.1 Å². The van der Waals surface area contributed by atoms with Gasteiger partial charge in [-0.1, -0.05) is 31.5 Å². The average molecular weight is 432 g/mol. The van der Waals surface area contributed by atoms with E-state index >= 15 is 0 Å². The number of aromatic nitrogens is 1. The summed E-state index contributed by atoms with van der Waals surface area (Å²) in [6, 6.07) is 7.14. The number of nitrogens with zero attached hydrogens (tertiary/aromatic N) is 2. The van der Waals surface area contributed by atoms with Gasteiger partial charge < -0.3 is 20.1 Å². The maximum absolute atomic E-state index is 12.5. The van der Waals surface area contributed by atoms with Gasteiger partial charge in [-0.05, 0) is 48.6 Å². The molecule has 160 valence electrons. The Balaban J connectivity index is 1.83. The van der Waals surface area contributed by atoms with Crippen LogP contribution in [0.4, 0.5) is 4.79 Å². The van der Waals surface area contributed by atoms with Crippen molar-refractivity contribution in [3.63, 3.8) is 0 Å². The molecule has 0 saturated heterocycles. The van der Waals surface area contributed by atoms with Crippen LogP contribution in [0.15, 0.2) is 30.5 Å². The minimum atomic E-state index is -1.09. The van der Waals surface area contributed by atoms with Gasteiger partial charge in [0.2, 0.25) is 0 Å². The summed E-state index contributed by atoms with van der Waals surface area (Å²) in [5.74, 6) is 0.679. The quantitative estimate of drug-likeness (QED) is 0.676. The lowest BCUT2D eigenvalue weighted by molar-refractivity contribution is 0.0816. The third-order valence-electron chi connectivity index (χ3n) is 5.03. The fourth-order valence-corrected chi connectivity index (χ4v) is 4.15. The second kappa shape index (κ2) is 8.52. The summed E-state index contributed by atoms with van der Waals surface area (Å²) in [5, 5.41) is 12.1. The van der Waals surface area contributed by atoms with Crippen LogP contribution in [0.3, 0.4) is 0 Å². The molecule has 1 aromatic heterocycles. The standard InChI is InChI=1S/C22H26ClN3O4/c1-13(2)10-22(3,25-21(28)29)12-30-18-6-5-14(9-16(18)23)15-7-8-24-17-11-26(4)20(27)19(15)17/h5-9,13,25H,10-12H2,1-4H3,(H,28,29). The molecule has 1 aliphatic rings. The number of fused-ring (bicyclic) bond motifs is 1. The van der Waals surface area contributed by atoms with Crippen molar-refractivity contribution in [2.75, 3.05) is 13.7 Å². The predicted molar refractivity (Wildman–Crippen MR) is 115 cm³/mol. The molecule has 1 aromatic carbocycles. The first kappa shape index (κ1) is 21.9. The van der Waals surface area contributed by atoms with Gasteiger partial charge in [-0.25, -0.2) is 4.79 Å². The highest BCUT2D eigenvalue weighted by Gasteiger charge is 2.30. The van der Waals surface area contributed by atoms with Gasteiger partial charge in [-0.3, -0.25) is 9.78 Å². The summed E-state index contributed by atoms with van der Waals surface area (Å²) in [4.78, 5) is 29.6. The number of carbonyl (C=O) groups is 2. The SMILES string of the molecule is CC(C)CC(C)(COc1ccc(-c2ccnc3c2C(=O)N(C)C3)cc1Cl)NC(=O)O. The summed E-state index contributed by atoms with van der Waals surface area (Å²) < 4.78 is 5.88. The van der Waals surface area contributed by atoms with Crippen molar-refractivity contribution in [2.24, 2.45) is 5.92 Å². The van der Waals surface area contributed by atoms with E-state index in [1.807, 2.05) is 26.8 Å². The Bertz CT molecular complexity index is 979. The molecule has 2 heterocycles. The van der Waals surface area contributed by atoms with E-state index in [9.17, 15) is 9.59 Å². The fourth-order valence-electron chi connectivity index (χ4n) is 3.92. The number of carboxylic acid groups (broad SMARTS) is 1.